The predicted molar refractivity (Wildman–Crippen MR) is 165 cm³/mol. The van der Waals surface area contributed by atoms with Crippen molar-refractivity contribution in [1.82, 2.24) is 25.4 Å². The molecular formula is C34H40F3N5O4. The third-order valence-electron chi connectivity index (χ3n) is 8.67. The lowest BCUT2D eigenvalue weighted by molar-refractivity contribution is -0.143. The fraction of sp³-hybridized carbons (Fsp3) is 0.441. The molecule has 246 valence electrons. The van der Waals surface area contributed by atoms with Crippen molar-refractivity contribution in [2.24, 2.45) is 5.92 Å². The normalized spacial score (nSPS) is 21.7. The van der Waals surface area contributed by atoms with Crippen LogP contribution in [0.2, 0.25) is 0 Å². The van der Waals surface area contributed by atoms with E-state index in [2.05, 4.69) is 10.3 Å². The van der Waals surface area contributed by atoms with Gasteiger partial charge in [-0.15, -0.1) is 0 Å². The summed E-state index contributed by atoms with van der Waals surface area (Å²) in [5, 5.41) is 27.1. The third-order valence-corrected chi connectivity index (χ3v) is 8.67. The average Bonchev–Trinajstić information content (AvgIpc) is 3.35. The number of hydrogen-bond donors (Lipinski definition) is 4. The van der Waals surface area contributed by atoms with E-state index in [1.807, 2.05) is 70.9 Å². The number of amides is 2. The summed E-state index contributed by atoms with van der Waals surface area (Å²) in [5.74, 6) is -1.75. The van der Waals surface area contributed by atoms with Gasteiger partial charge in [-0.25, -0.2) is 0 Å². The van der Waals surface area contributed by atoms with E-state index in [-0.39, 0.29) is 25.4 Å². The van der Waals surface area contributed by atoms with Gasteiger partial charge < -0.3 is 20.8 Å². The maximum atomic E-state index is 13.7. The zero-order valence-electron chi connectivity index (χ0n) is 25.4. The van der Waals surface area contributed by atoms with Crippen LogP contribution in [0.5, 0.6) is 0 Å². The van der Waals surface area contributed by atoms with Gasteiger partial charge in [0.1, 0.15) is 12.6 Å². The van der Waals surface area contributed by atoms with Gasteiger partial charge in [-0.05, 0) is 41.2 Å². The lowest BCUT2D eigenvalue weighted by atomic mass is 9.91. The van der Waals surface area contributed by atoms with Gasteiger partial charge in [0, 0.05) is 57.5 Å². The number of rotatable bonds is 12. The van der Waals surface area contributed by atoms with Crippen molar-refractivity contribution in [2.75, 3.05) is 32.7 Å². The number of alkyl halides is 3. The van der Waals surface area contributed by atoms with Gasteiger partial charge in [0.25, 0.3) is 0 Å². The van der Waals surface area contributed by atoms with Crippen LogP contribution in [0.15, 0.2) is 79.1 Å². The number of carbonyl (C=O) groups is 2. The van der Waals surface area contributed by atoms with Crippen molar-refractivity contribution in [3.63, 3.8) is 0 Å². The van der Waals surface area contributed by atoms with Crippen LogP contribution in [0.3, 0.4) is 0 Å². The number of β-amino-alcohol motifs (C(OH)–C–C–N with tert-alkyl or cyclic N) is 1. The highest BCUT2D eigenvalue weighted by molar-refractivity contribution is 5.82. The molecule has 2 heterocycles. The molecule has 12 heteroatoms. The summed E-state index contributed by atoms with van der Waals surface area (Å²) in [4.78, 5) is 34.6. The number of aliphatic hydroxyl groups excluding tert-OH is 2. The molecule has 0 bridgehead atoms. The summed E-state index contributed by atoms with van der Waals surface area (Å²) >= 11 is 0. The minimum atomic E-state index is -4.56. The average molecular weight is 640 g/mol. The Morgan fingerprint density at radius 2 is 1.74 bits per heavy atom. The Balaban J connectivity index is 1.28. The van der Waals surface area contributed by atoms with E-state index >= 15 is 0 Å². The summed E-state index contributed by atoms with van der Waals surface area (Å²) in [6.07, 6.45) is -2.22. The topological polar surface area (TPSA) is 118 Å². The zero-order chi connectivity index (χ0) is 32.7. The van der Waals surface area contributed by atoms with Crippen LogP contribution in [0.25, 0.3) is 0 Å². The molecule has 5 rings (SSSR count). The van der Waals surface area contributed by atoms with Gasteiger partial charge in [0.05, 0.1) is 18.2 Å². The highest BCUT2D eigenvalue weighted by Gasteiger charge is 2.38. The van der Waals surface area contributed by atoms with Gasteiger partial charge in [-0.2, -0.15) is 13.2 Å². The van der Waals surface area contributed by atoms with Crippen LogP contribution in [0.1, 0.15) is 34.7 Å². The fourth-order valence-corrected chi connectivity index (χ4v) is 6.42. The predicted octanol–water partition coefficient (Wildman–Crippen LogP) is 2.63. The van der Waals surface area contributed by atoms with Gasteiger partial charge in [-0.1, -0.05) is 60.7 Å². The van der Waals surface area contributed by atoms with Crippen LogP contribution in [0, 0.1) is 5.92 Å². The number of benzene rings is 2. The number of nitrogens with zero attached hydrogens (tertiary/aromatic N) is 3. The van der Waals surface area contributed by atoms with E-state index in [4.69, 9.17) is 0 Å². The lowest BCUT2D eigenvalue weighted by Gasteiger charge is -2.41. The number of halogens is 3. The van der Waals surface area contributed by atoms with E-state index in [0.29, 0.717) is 32.5 Å². The first-order chi connectivity index (χ1) is 22.1. The molecule has 1 aliphatic carbocycles. The summed E-state index contributed by atoms with van der Waals surface area (Å²) in [5.41, 5.74) is 3.64. The molecule has 46 heavy (non-hydrogen) atoms. The van der Waals surface area contributed by atoms with Crippen molar-refractivity contribution in [1.29, 1.82) is 0 Å². The van der Waals surface area contributed by atoms with E-state index < -0.39 is 48.8 Å². The van der Waals surface area contributed by atoms with Crippen LogP contribution >= 0.6 is 0 Å². The third kappa shape index (κ3) is 9.12. The van der Waals surface area contributed by atoms with Gasteiger partial charge >= 0.3 is 6.18 Å². The Morgan fingerprint density at radius 1 is 1.00 bits per heavy atom. The number of fused-ring (bicyclic) bond motifs is 1. The van der Waals surface area contributed by atoms with Crippen LogP contribution in [-0.4, -0.2) is 94.0 Å². The number of hydrogen-bond acceptors (Lipinski definition) is 7. The fourth-order valence-electron chi connectivity index (χ4n) is 6.42. The molecule has 1 unspecified atom stereocenters. The number of aliphatic hydroxyl groups is 2. The van der Waals surface area contributed by atoms with Crippen LogP contribution in [-0.2, 0) is 29.0 Å². The Hall–Kier alpha value is -3.84. The zero-order valence-corrected chi connectivity index (χ0v) is 25.4. The molecule has 2 aromatic carbocycles. The number of aromatic nitrogens is 1. The van der Waals surface area contributed by atoms with Crippen molar-refractivity contribution in [2.45, 2.75) is 56.3 Å². The minimum Gasteiger partial charge on any atom is -0.392 e. The molecule has 2 aliphatic rings. The molecule has 0 saturated carbocycles. The number of piperazine rings is 1. The molecule has 5 atom stereocenters. The molecule has 1 fully saturated rings. The first-order valence-corrected chi connectivity index (χ1v) is 15.5. The molecule has 1 aromatic heterocycles. The highest BCUT2D eigenvalue weighted by atomic mass is 19.4. The second-order valence-electron chi connectivity index (χ2n) is 12.2. The molecule has 0 radical (unpaired) electrons. The van der Waals surface area contributed by atoms with E-state index in [9.17, 15) is 33.0 Å². The SMILES string of the molecule is O=C(N[C@H]1c2ccccc2C[C@H]1O)C(Cc1ccccc1)C[C@H](O)CN1CCN(Cc2cccnc2)C[C@H]1C(=O)NCC(F)(F)F. The quantitative estimate of drug-likeness (QED) is 0.241. The van der Waals surface area contributed by atoms with Gasteiger partial charge in [-0.3, -0.25) is 24.4 Å². The highest BCUT2D eigenvalue weighted by Crippen LogP contribution is 2.32. The second-order valence-corrected chi connectivity index (χ2v) is 12.2. The molecule has 9 nitrogen and oxygen atoms in total. The first-order valence-electron chi connectivity index (χ1n) is 15.5. The molecular weight excluding hydrogens is 599 g/mol. The summed E-state index contributed by atoms with van der Waals surface area (Å²) in [7, 11) is 0. The van der Waals surface area contributed by atoms with E-state index in [0.717, 1.165) is 22.3 Å². The first kappa shape index (κ1) is 33.5. The molecule has 1 saturated heterocycles. The summed E-state index contributed by atoms with van der Waals surface area (Å²) in [6, 6.07) is 19.1. The number of carbonyl (C=O) groups excluding carboxylic acids is 2. The summed E-state index contributed by atoms with van der Waals surface area (Å²) < 4.78 is 38.9. The van der Waals surface area contributed by atoms with Crippen LogP contribution in [0.4, 0.5) is 13.2 Å². The number of nitrogens with one attached hydrogen (secondary N) is 2. The van der Waals surface area contributed by atoms with Crippen molar-refractivity contribution < 1.29 is 33.0 Å². The van der Waals surface area contributed by atoms with Crippen molar-refractivity contribution in [3.8, 4) is 0 Å². The molecule has 4 N–H and O–H groups in total. The largest absolute Gasteiger partial charge is 0.405 e. The Bertz CT molecular complexity index is 1450. The smallest absolute Gasteiger partial charge is 0.392 e. The monoisotopic (exact) mass is 639 g/mol. The maximum Gasteiger partial charge on any atom is 0.405 e. The molecule has 0 spiro atoms. The Kier molecular flexibility index (Phi) is 11.1. The Morgan fingerprint density at radius 3 is 2.48 bits per heavy atom. The number of pyridine rings is 1. The molecule has 3 aromatic rings. The van der Waals surface area contributed by atoms with Crippen LogP contribution < -0.4 is 10.6 Å². The Labute approximate surface area is 266 Å². The summed E-state index contributed by atoms with van der Waals surface area (Å²) in [6.45, 7) is 0.0512. The van der Waals surface area contributed by atoms with Gasteiger partial charge in [0.15, 0.2) is 0 Å². The minimum absolute atomic E-state index is 0.00169. The lowest BCUT2D eigenvalue weighted by Crippen LogP contribution is -2.60. The maximum absolute atomic E-state index is 13.7. The van der Waals surface area contributed by atoms with E-state index in [1.165, 1.54) is 0 Å². The molecule has 1 aliphatic heterocycles. The van der Waals surface area contributed by atoms with E-state index in [1.54, 1.807) is 23.4 Å². The second kappa shape index (κ2) is 15.2. The molecule has 2 amide bonds. The van der Waals surface area contributed by atoms with Gasteiger partial charge in [0.2, 0.25) is 11.8 Å². The van der Waals surface area contributed by atoms with Crippen molar-refractivity contribution >= 4 is 11.8 Å². The van der Waals surface area contributed by atoms with Crippen molar-refractivity contribution in [3.05, 3.63) is 101 Å². The standard InChI is InChI=1S/C34H40F3N5O4/c35-34(36,37)22-39-33(46)29-21-41(19-24-9-6-12-38-18-24)13-14-42(29)20-27(43)16-26(15-23-7-2-1-3-8-23)32(45)40-31-28-11-5-4-10-25(28)17-30(31)44/h1-12,18,26-27,29-31,43-44H,13-17,19-22H2,(H,39,46)(H,40,45)/t26?,27-,29-,30+,31-/m0/s1.